The molecule has 3 aromatic rings. The molecule has 1 saturated heterocycles. The second-order valence-corrected chi connectivity index (χ2v) is 9.01. The summed E-state index contributed by atoms with van der Waals surface area (Å²) in [6, 6.07) is 18.7. The van der Waals surface area contributed by atoms with E-state index in [0.717, 1.165) is 22.4 Å². The Morgan fingerprint density at radius 2 is 1.76 bits per heavy atom. The van der Waals surface area contributed by atoms with Gasteiger partial charge in [-0.2, -0.15) is 0 Å². The summed E-state index contributed by atoms with van der Waals surface area (Å²) >= 11 is 0. The van der Waals surface area contributed by atoms with E-state index in [1.165, 1.54) is 17.0 Å². The van der Waals surface area contributed by atoms with Crippen molar-refractivity contribution < 1.29 is 23.5 Å². The largest absolute Gasteiger partial charge is 0.494 e. The number of ether oxygens (including phenoxy) is 1. The van der Waals surface area contributed by atoms with E-state index in [4.69, 9.17) is 4.74 Å². The lowest BCUT2D eigenvalue weighted by molar-refractivity contribution is -0.124. The standard InChI is InChI=1S/C29H30FN3O4/c1-3-17-37-25-13-11-23(12-14-25)31-27(34)19-26-28(35)33(24-6-4-5-20(2)18-24)29(36)32(26)16-15-21-7-9-22(30)10-8-21/h4-14,18,26H,3,15-17,19H2,1-2H3,(H,31,34)/t26-/m1/s1. The molecule has 0 aromatic heterocycles. The van der Waals surface area contributed by atoms with Gasteiger partial charge < -0.3 is 15.0 Å². The molecule has 0 aliphatic carbocycles. The zero-order valence-electron chi connectivity index (χ0n) is 20.9. The third kappa shape index (κ3) is 6.33. The molecule has 1 fully saturated rings. The smallest absolute Gasteiger partial charge is 0.332 e. The van der Waals surface area contributed by atoms with Gasteiger partial charge in [-0.15, -0.1) is 0 Å². The number of carbonyl (C=O) groups excluding carboxylic acids is 3. The highest BCUT2D eigenvalue weighted by atomic mass is 19.1. The number of imide groups is 1. The first-order valence-corrected chi connectivity index (χ1v) is 12.3. The van der Waals surface area contributed by atoms with E-state index in [2.05, 4.69) is 5.32 Å². The zero-order valence-corrected chi connectivity index (χ0v) is 20.9. The quantitative estimate of drug-likeness (QED) is 0.379. The van der Waals surface area contributed by atoms with Crippen LogP contribution in [-0.2, 0) is 16.0 Å². The summed E-state index contributed by atoms with van der Waals surface area (Å²) in [5.41, 5.74) is 2.76. The number of anilines is 2. The Morgan fingerprint density at radius 3 is 2.43 bits per heavy atom. The number of aryl methyl sites for hydroxylation is 1. The fourth-order valence-electron chi connectivity index (χ4n) is 4.23. The van der Waals surface area contributed by atoms with E-state index in [1.54, 1.807) is 54.6 Å². The van der Waals surface area contributed by atoms with Crippen LogP contribution in [0.3, 0.4) is 0 Å². The van der Waals surface area contributed by atoms with E-state index in [-0.39, 0.29) is 24.7 Å². The normalized spacial score (nSPS) is 15.3. The fourth-order valence-corrected chi connectivity index (χ4v) is 4.23. The predicted molar refractivity (Wildman–Crippen MR) is 140 cm³/mol. The Kier molecular flexibility index (Phi) is 8.18. The van der Waals surface area contributed by atoms with Crippen LogP contribution in [0.5, 0.6) is 5.75 Å². The zero-order chi connectivity index (χ0) is 26.4. The molecule has 192 valence electrons. The van der Waals surface area contributed by atoms with Crippen molar-refractivity contribution in [3.63, 3.8) is 0 Å². The number of urea groups is 1. The topological polar surface area (TPSA) is 79.0 Å². The summed E-state index contributed by atoms with van der Waals surface area (Å²) in [6.07, 6.45) is 1.12. The van der Waals surface area contributed by atoms with Gasteiger partial charge in [-0.05, 0) is 79.4 Å². The van der Waals surface area contributed by atoms with Crippen molar-refractivity contribution in [3.8, 4) is 5.75 Å². The average molecular weight is 504 g/mol. The molecule has 4 rings (SSSR count). The van der Waals surface area contributed by atoms with E-state index < -0.39 is 18.0 Å². The summed E-state index contributed by atoms with van der Waals surface area (Å²) in [6.45, 7) is 4.71. The van der Waals surface area contributed by atoms with Gasteiger partial charge >= 0.3 is 6.03 Å². The lowest BCUT2D eigenvalue weighted by atomic mass is 10.1. The number of rotatable bonds is 10. The SMILES string of the molecule is CCCOc1ccc(NC(=O)C[C@@H]2C(=O)N(c3cccc(C)c3)C(=O)N2CCc2ccc(F)cc2)cc1. The van der Waals surface area contributed by atoms with Gasteiger partial charge in [0, 0.05) is 12.2 Å². The molecule has 8 heteroatoms. The van der Waals surface area contributed by atoms with Crippen LogP contribution < -0.4 is 15.0 Å². The molecule has 4 amide bonds. The Labute approximate surface area is 215 Å². The van der Waals surface area contributed by atoms with Crippen molar-refractivity contribution >= 4 is 29.2 Å². The minimum Gasteiger partial charge on any atom is -0.494 e. The van der Waals surface area contributed by atoms with Crippen LogP contribution in [0, 0.1) is 12.7 Å². The summed E-state index contributed by atoms with van der Waals surface area (Å²) in [5.74, 6) is -0.474. The number of halogens is 1. The van der Waals surface area contributed by atoms with Crippen molar-refractivity contribution in [1.29, 1.82) is 0 Å². The molecule has 37 heavy (non-hydrogen) atoms. The van der Waals surface area contributed by atoms with Gasteiger partial charge in [-0.1, -0.05) is 31.2 Å². The molecular weight excluding hydrogens is 473 g/mol. The molecule has 1 aliphatic rings. The summed E-state index contributed by atoms with van der Waals surface area (Å²) in [4.78, 5) is 42.3. The number of hydrogen-bond donors (Lipinski definition) is 1. The third-order valence-corrected chi connectivity index (χ3v) is 6.12. The first-order chi connectivity index (χ1) is 17.9. The van der Waals surface area contributed by atoms with Crippen LogP contribution >= 0.6 is 0 Å². The monoisotopic (exact) mass is 503 g/mol. The summed E-state index contributed by atoms with van der Waals surface area (Å²) in [7, 11) is 0. The van der Waals surface area contributed by atoms with Crippen LogP contribution in [-0.4, -0.2) is 41.9 Å². The molecule has 0 spiro atoms. The van der Waals surface area contributed by atoms with Crippen LogP contribution in [0.1, 0.15) is 30.9 Å². The van der Waals surface area contributed by atoms with Gasteiger partial charge in [0.2, 0.25) is 5.91 Å². The van der Waals surface area contributed by atoms with E-state index in [1.807, 2.05) is 19.9 Å². The second-order valence-electron chi connectivity index (χ2n) is 9.01. The first kappa shape index (κ1) is 25.9. The molecule has 7 nitrogen and oxygen atoms in total. The molecule has 1 aliphatic heterocycles. The fraction of sp³-hybridized carbons (Fsp3) is 0.276. The number of carbonyl (C=O) groups is 3. The number of benzene rings is 3. The highest BCUT2D eigenvalue weighted by Crippen LogP contribution is 2.28. The van der Waals surface area contributed by atoms with E-state index in [9.17, 15) is 18.8 Å². The maximum atomic E-state index is 13.4. The molecular formula is C29H30FN3O4. The van der Waals surface area contributed by atoms with Crippen molar-refractivity contribution in [2.45, 2.75) is 39.2 Å². The maximum absolute atomic E-state index is 13.4. The van der Waals surface area contributed by atoms with Gasteiger partial charge in [-0.25, -0.2) is 14.1 Å². The second kappa shape index (κ2) is 11.7. The number of hydrogen-bond acceptors (Lipinski definition) is 4. The predicted octanol–water partition coefficient (Wildman–Crippen LogP) is 5.33. The van der Waals surface area contributed by atoms with Crippen LogP contribution in [0.25, 0.3) is 0 Å². The average Bonchev–Trinajstić information content (AvgIpc) is 3.11. The highest BCUT2D eigenvalue weighted by molar-refractivity contribution is 6.22. The lowest BCUT2D eigenvalue weighted by Gasteiger charge is -2.21. The van der Waals surface area contributed by atoms with Crippen molar-refractivity contribution in [3.05, 3.63) is 89.7 Å². The molecule has 0 unspecified atom stereocenters. The number of nitrogens with one attached hydrogen (secondary N) is 1. The van der Waals surface area contributed by atoms with E-state index >= 15 is 0 Å². The molecule has 0 bridgehead atoms. The van der Waals surface area contributed by atoms with Crippen LogP contribution in [0.2, 0.25) is 0 Å². The summed E-state index contributed by atoms with van der Waals surface area (Å²) in [5, 5.41) is 2.81. The molecule has 3 aromatic carbocycles. The molecule has 1 atom stereocenters. The third-order valence-electron chi connectivity index (χ3n) is 6.12. The van der Waals surface area contributed by atoms with Gasteiger partial charge in [0.25, 0.3) is 5.91 Å². The van der Waals surface area contributed by atoms with E-state index in [0.29, 0.717) is 30.2 Å². The number of nitrogens with zero attached hydrogens (tertiary/aromatic N) is 2. The van der Waals surface area contributed by atoms with Gasteiger partial charge in [0.15, 0.2) is 0 Å². The van der Waals surface area contributed by atoms with Crippen molar-refractivity contribution in [2.24, 2.45) is 0 Å². The molecule has 1 heterocycles. The Morgan fingerprint density at radius 1 is 1.03 bits per heavy atom. The van der Waals surface area contributed by atoms with Gasteiger partial charge in [0.05, 0.1) is 18.7 Å². The van der Waals surface area contributed by atoms with Crippen LogP contribution in [0.4, 0.5) is 20.6 Å². The lowest BCUT2D eigenvalue weighted by Crippen LogP contribution is -2.39. The van der Waals surface area contributed by atoms with Crippen molar-refractivity contribution in [2.75, 3.05) is 23.4 Å². The van der Waals surface area contributed by atoms with Crippen molar-refractivity contribution in [1.82, 2.24) is 4.90 Å². The first-order valence-electron chi connectivity index (χ1n) is 12.3. The Bertz CT molecular complexity index is 1260. The Balaban J connectivity index is 1.50. The summed E-state index contributed by atoms with van der Waals surface area (Å²) < 4.78 is 18.9. The Hall–Kier alpha value is -4.20. The van der Waals surface area contributed by atoms with Crippen LogP contribution in [0.15, 0.2) is 72.8 Å². The maximum Gasteiger partial charge on any atom is 0.332 e. The highest BCUT2D eigenvalue weighted by Gasteiger charge is 2.46. The molecule has 1 N–H and O–H groups in total. The number of amides is 4. The molecule has 0 radical (unpaired) electrons. The molecule has 0 saturated carbocycles. The van der Waals surface area contributed by atoms with Gasteiger partial charge in [0.1, 0.15) is 17.6 Å². The minimum absolute atomic E-state index is 0.190. The van der Waals surface area contributed by atoms with Gasteiger partial charge in [-0.3, -0.25) is 9.59 Å². The minimum atomic E-state index is -0.958.